The SMILES string of the molecule is N#Cc1ccc(CCC(=O)NCC(CO)Cc2ccccn2)cc1. The van der Waals surface area contributed by atoms with Crippen LogP contribution in [-0.4, -0.2) is 29.1 Å². The van der Waals surface area contributed by atoms with E-state index in [9.17, 15) is 9.90 Å². The first-order valence-corrected chi connectivity index (χ1v) is 7.97. The Hall–Kier alpha value is -2.71. The Morgan fingerprint density at radius 1 is 1.25 bits per heavy atom. The fourth-order valence-electron chi connectivity index (χ4n) is 2.37. The first kappa shape index (κ1) is 17.6. The Balaban J connectivity index is 1.74. The van der Waals surface area contributed by atoms with Crippen molar-refractivity contribution in [2.24, 2.45) is 5.92 Å². The second-order valence-corrected chi connectivity index (χ2v) is 5.69. The molecule has 5 nitrogen and oxygen atoms in total. The van der Waals surface area contributed by atoms with Gasteiger partial charge in [-0.1, -0.05) is 18.2 Å². The van der Waals surface area contributed by atoms with Crippen LogP contribution in [0.15, 0.2) is 48.7 Å². The molecule has 2 rings (SSSR count). The van der Waals surface area contributed by atoms with Crippen LogP contribution >= 0.6 is 0 Å². The predicted molar refractivity (Wildman–Crippen MR) is 91.0 cm³/mol. The van der Waals surface area contributed by atoms with Crippen LogP contribution in [0.25, 0.3) is 0 Å². The van der Waals surface area contributed by atoms with E-state index in [1.165, 1.54) is 0 Å². The minimum absolute atomic E-state index is 0.00642. The summed E-state index contributed by atoms with van der Waals surface area (Å²) >= 11 is 0. The number of aliphatic hydroxyl groups is 1. The number of benzene rings is 1. The molecule has 5 heteroatoms. The fourth-order valence-corrected chi connectivity index (χ4v) is 2.37. The normalized spacial score (nSPS) is 11.5. The third kappa shape index (κ3) is 5.82. The molecule has 2 N–H and O–H groups in total. The quantitative estimate of drug-likeness (QED) is 0.776. The van der Waals surface area contributed by atoms with Gasteiger partial charge in [0.2, 0.25) is 5.91 Å². The van der Waals surface area contributed by atoms with Crippen molar-refractivity contribution in [2.75, 3.05) is 13.2 Å². The number of aryl methyl sites for hydroxylation is 1. The van der Waals surface area contributed by atoms with Gasteiger partial charge in [-0.3, -0.25) is 9.78 Å². The first-order valence-electron chi connectivity index (χ1n) is 7.97. The highest BCUT2D eigenvalue weighted by atomic mass is 16.3. The molecular weight excluding hydrogens is 302 g/mol. The van der Waals surface area contributed by atoms with Crippen molar-refractivity contribution in [3.05, 3.63) is 65.5 Å². The number of hydrogen-bond acceptors (Lipinski definition) is 4. The van der Waals surface area contributed by atoms with Gasteiger partial charge >= 0.3 is 0 Å². The number of rotatable bonds is 8. The van der Waals surface area contributed by atoms with E-state index in [4.69, 9.17) is 5.26 Å². The van der Waals surface area contributed by atoms with Gasteiger partial charge in [-0.25, -0.2) is 0 Å². The average Bonchev–Trinajstić information content (AvgIpc) is 2.64. The molecule has 0 saturated carbocycles. The molecule has 0 aliphatic carbocycles. The van der Waals surface area contributed by atoms with Gasteiger partial charge in [-0.05, 0) is 42.7 Å². The summed E-state index contributed by atoms with van der Waals surface area (Å²) < 4.78 is 0. The smallest absolute Gasteiger partial charge is 0.220 e. The van der Waals surface area contributed by atoms with Crippen molar-refractivity contribution in [1.29, 1.82) is 5.26 Å². The van der Waals surface area contributed by atoms with Crippen molar-refractivity contribution in [2.45, 2.75) is 19.3 Å². The lowest BCUT2D eigenvalue weighted by Crippen LogP contribution is -2.32. The van der Waals surface area contributed by atoms with E-state index < -0.39 is 0 Å². The molecule has 0 aliphatic rings. The summed E-state index contributed by atoms with van der Waals surface area (Å²) in [5, 5.41) is 21.1. The van der Waals surface area contributed by atoms with Gasteiger partial charge in [0.15, 0.2) is 0 Å². The summed E-state index contributed by atoms with van der Waals surface area (Å²) in [5.41, 5.74) is 2.54. The minimum atomic E-state index is -0.0428. The number of carbonyl (C=O) groups is 1. The van der Waals surface area contributed by atoms with Crippen LogP contribution in [0.2, 0.25) is 0 Å². The highest BCUT2D eigenvalue weighted by Crippen LogP contribution is 2.07. The lowest BCUT2D eigenvalue weighted by atomic mass is 10.0. The lowest BCUT2D eigenvalue weighted by molar-refractivity contribution is -0.121. The zero-order valence-electron chi connectivity index (χ0n) is 13.5. The number of nitriles is 1. The maximum atomic E-state index is 12.0. The van der Waals surface area contributed by atoms with E-state index in [0.29, 0.717) is 31.4 Å². The van der Waals surface area contributed by atoms with Crippen molar-refractivity contribution in [3.63, 3.8) is 0 Å². The van der Waals surface area contributed by atoms with E-state index in [1.807, 2.05) is 30.3 Å². The van der Waals surface area contributed by atoms with Crippen molar-refractivity contribution in [1.82, 2.24) is 10.3 Å². The van der Waals surface area contributed by atoms with Crippen LogP contribution in [-0.2, 0) is 17.6 Å². The maximum Gasteiger partial charge on any atom is 0.220 e. The predicted octanol–water partition coefficient (Wildman–Crippen LogP) is 1.85. The van der Waals surface area contributed by atoms with E-state index in [-0.39, 0.29) is 18.4 Å². The van der Waals surface area contributed by atoms with Gasteiger partial charge < -0.3 is 10.4 Å². The van der Waals surface area contributed by atoms with Gasteiger partial charge in [-0.2, -0.15) is 5.26 Å². The highest BCUT2D eigenvalue weighted by molar-refractivity contribution is 5.76. The zero-order chi connectivity index (χ0) is 17.2. The molecule has 1 atom stereocenters. The van der Waals surface area contributed by atoms with Gasteiger partial charge in [-0.15, -0.1) is 0 Å². The van der Waals surface area contributed by atoms with E-state index in [1.54, 1.807) is 18.3 Å². The van der Waals surface area contributed by atoms with Crippen molar-refractivity contribution in [3.8, 4) is 6.07 Å². The van der Waals surface area contributed by atoms with Crippen LogP contribution in [0.3, 0.4) is 0 Å². The summed E-state index contributed by atoms with van der Waals surface area (Å²) in [6, 6.07) is 15.0. The van der Waals surface area contributed by atoms with Gasteiger partial charge in [0.25, 0.3) is 0 Å². The number of amides is 1. The van der Waals surface area contributed by atoms with E-state index >= 15 is 0 Å². The van der Waals surface area contributed by atoms with Crippen LogP contribution in [0, 0.1) is 17.2 Å². The Morgan fingerprint density at radius 2 is 2.04 bits per heavy atom. The Bertz CT molecular complexity index is 678. The molecule has 0 spiro atoms. The molecule has 1 amide bonds. The second kappa shape index (κ2) is 9.43. The average molecular weight is 323 g/mol. The van der Waals surface area contributed by atoms with Gasteiger partial charge in [0, 0.05) is 37.4 Å². The largest absolute Gasteiger partial charge is 0.396 e. The number of nitrogens with zero attached hydrogens (tertiary/aromatic N) is 2. The van der Waals surface area contributed by atoms with Gasteiger partial charge in [0.05, 0.1) is 11.6 Å². The molecule has 24 heavy (non-hydrogen) atoms. The van der Waals surface area contributed by atoms with Crippen molar-refractivity contribution >= 4 is 5.91 Å². The van der Waals surface area contributed by atoms with Gasteiger partial charge in [0.1, 0.15) is 0 Å². The number of carbonyl (C=O) groups excluding carboxylic acids is 1. The number of pyridine rings is 1. The van der Waals surface area contributed by atoms with Crippen LogP contribution < -0.4 is 5.32 Å². The third-order valence-corrected chi connectivity index (χ3v) is 3.79. The Labute approximate surface area is 142 Å². The number of aliphatic hydroxyl groups excluding tert-OH is 1. The first-order chi connectivity index (χ1) is 11.7. The molecule has 0 radical (unpaired) electrons. The topological polar surface area (TPSA) is 86.0 Å². The molecule has 1 unspecified atom stereocenters. The Morgan fingerprint density at radius 3 is 2.67 bits per heavy atom. The maximum absolute atomic E-state index is 12.0. The minimum Gasteiger partial charge on any atom is -0.396 e. The van der Waals surface area contributed by atoms with E-state index in [0.717, 1.165) is 11.3 Å². The van der Waals surface area contributed by atoms with E-state index in [2.05, 4.69) is 16.4 Å². The monoisotopic (exact) mass is 323 g/mol. The summed E-state index contributed by atoms with van der Waals surface area (Å²) in [7, 11) is 0. The third-order valence-electron chi connectivity index (χ3n) is 3.79. The molecule has 0 aliphatic heterocycles. The van der Waals surface area contributed by atoms with Crippen molar-refractivity contribution < 1.29 is 9.90 Å². The highest BCUT2D eigenvalue weighted by Gasteiger charge is 2.11. The summed E-state index contributed by atoms with van der Waals surface area (Å²) in [5.74, 6) is -0.0856. The Kier molecular flexibility index (Phi) is 6.93. The molecule has 1 aromatic heterocycles. The fraction of sp³-hybridized carbons (Fsp3) is 0.316. The summed E-state index contributed by atoms with van der Waals surface area (Å²) in [6.07, 6.45) is 3.36. The lowest BCUT2D eigenvalue weighted by Gasteiger charge is -2.14. The van der Waals surface area contributed by atoms with Crippen LogP contribution in [0.1, 0.15) is 23.2 Å². The summed E-state index contributed by atoms with van der Waals surface area (Å²) in [4.78, 5) is 16.2. The molecule has 0 bridgehead atoms. The molecule has 1 heterocycles. The standard InChI is InChI=1S/C19H21N3O2/c20-12-16-6-4-15(5-7-16)8-9-19(24)22-13-17(14-23)11-18-3-1-2-10-21-18/h1-7,10,17,23H,8-9,11,13-14H2,(H,22,24). The van der Waals surface area contributed by atoms with Crippen LogP contribution in [0.4, 0.5) is 0 Å². The molecule has 1 aromatic carbocycles. The summed E-state index contributed by atoms with van der Waals surface area (Å²) in [6.45, 7) is 0.436. The molecule has 124 valence electrons. The number of hydrogen-bond donors (Lipinski definition) is 2. The molecule has 0 fully saturated rings. The molecule has 2 aromatic rings. The second-order valence-electron chi connectivity index (χ2n) is 5.69. The molecule has 0 saturated heterocycles. The molecular formula is C19H21N3O2. The zero-order valence-corrected chi connectivity index (χ0v) is 13.5. The number of aromatic nitrogens is 1. The van der Waals surface area contributed by atoms with Crippen LogP contribution in [0.5, 0.6) is 0 Å². The number of nitrogens with one attached hydrogen (secondary N) is 1.